The summed E-state index contributed by atoms with van der Waals surface area (Å²) < 4.78 is 28.1. The highest BCUT2D eigenvalue weighted by molar-refractivity contribution is 7.90. The third-order valence-corrected chi connectivity index (χ3v) is 4.68. The lowest BCUT2D eigenvalue weighted by Crippen LogP contribution is -2.42. The van der Waals surface area contributed by atoms with Gasteiger partial charge in [0.2, 0.25) is 0 Å². The Kier molecular flexibility index (Phi) is 4.24. The number of anilines is 1. The van der Waals surface area contributed by atoms with Crippen LogP contribution in [-0.2, 0) is 10.2 Å². The normalized spacial score (nSPS) is 20.6. The Labute approximate surface area is 117 Å². The Morgan fingerprint density at radius 3 is 2.95 bits per heavy atom. The number of nitrogens with one attached hydrogen (secondary N) is 1. The highest BCUT2D eigenvalue weighted by Gasteiger charge is 2.27. The second-order valence-corrected chi connectivity index (χ2v) is 6.62. The second kappa shape index (κ2) is 5.76. The third kappa shape index (κ3) is 3.45. The molecule has 0 aliphatic carbocycles. The lowest BCUT2D eigenvalue weighted by molar-refractivity contribution is 0.0697. The standard InChI is InChI=1S/C12H17N3O4S/c1-9-3-2-6-15(8-9)20(18,19)14-11-7-10(12(16)17)4-5-13-11/h4-5,7,9H,2-3,6,8H2,1H3,(H,13,14)(H,16,17). The molecule has 110 valence electrons. The van der Waals surface area contributed by atoms with Gasteiger partial charge in [-0.3, -0.25) is 4.72 Å². The highest BCUT2D eigenvalue weighted by atomic mass is 32.2. The van der Waals surface area contributed by atoms with Crippen LogP contribution in [-0.4, -0.2) is 41.9 Å². The number of carbonyl (C=O) groups is 1. The molecule has 1 saturated heterocycles. The maximum absolute atomic E-state index is 12.2. The molecule has 1 aromatic rings. The van der Waals surface area contributed by atoms with Crippen molar-refractivity contribution in [2.24, 2.45) is 5.92 Å². The van der Waals surface area contributed by atoms with Crippen LogP contribution in [0.15, 0.2) is 18.3 Å². The van der Waals surface area contributed by atoms with Gasteiger partial charge in [-0.15, -0.1) is 0 Å². The van der Waals surface area contributed by atoms with E-state index < -0.39 is 16.2 Å². The van der Waals surface area contributed by atoms with Gasteiger partial charge in [0.1, 0.15) is 5.82 Å². The lowest BCUT2D eigenvalue weighted by Gasteiger charge is -2.29. The van der Waals surface area contributed by atoms with E-state index in [1.165, 1.54) is 22.6 Å². The summed E-state index contributed by atoms with van der Waals surface area (Å²) in [6, 6.07) is 2.51. The summed E-state index contributed by atoms with van der Waals surface area (Å²) in [5, 5.41) is 8.88. The molecule has 0 radical (unpaired) electrons. The van der Waals surface area contributed by atoms with Crippen LogP contribution < -0.4 is 4.72 Å². The van der Waals surface area contributed by atoms with Gasteiger partial charge >= 0.3 is 16.2 Å². The molecule has 0 aromatic carbocycles. The number of carboxylic acids is 1. The minimum atomic E-state index is -3.68. The number of rotatable bonds is 4. The SMILES string of the molecule is CC1CCCN(S(=O)(=O)Nc2cc(C(=O)O)ccn2)C1. The molecule has 2 heterocycles. The minimum absolute atomic E-state index is 0.00953. The van der Waals surface area contributed by atoms with Crippen molar-refractivity contribution < 1.29 is 18.3 Å². The molecule has 2 N–H and O–H groups in total. The van der Waals surface area contributed by atoms with E-state index in [1.54, 1.807) is 0 Å². The highest BCUT2D eigenvalue weighted by Crippen LogP contribution is 2.19. The van der Waals surface area contributed by atoms with Gasteiger partial charge in [-0.05, 0) is 30.9 Å². The van der Waals surface area contributed by atoms with Gasteiger partial charge in [0.05, 0.1) is 5.56 Å². The maximum atomic E-state index is 12.2. The molecule has 1 aliphatic rings. The molecular weight excluding hydrogens is 282 g/mol. The fraction of sp³-hybridized carbons (Fsp3) is 0.500. The van der Waals surface area contributed by atoms with Gasteiger partial charge in [-0.1, -0.05) is 6.92 Å². The van der Waals surface area contributed by atoms with Crippen LogP contribution in [0.5, 0.6) is 0 Å². The fourth-order valence-electron chi connectivity index (χ4n) is 2.18. The Morgan fingerprint density at radius 2 is 2.30 bits per heavy atom. The van der Waals surface area contributed by atoms with Crippen LogP contribution in [0.25, 0.3) is 0 Å². The second-order valence-electron chi connectivity index (χ2n) is 4.95. The van der Waals surface area contributed by atoms with Crippen LogP contribution in [0.2, 0.25) is 0 Å². The van der Waals surface area contributed by atoms with Gasteiger partial charge in [0.25, 0.3) is 0 Å². The average molecular weight is 299 g/mol. The largest absolute Gasteiger partial charge is 0.478 e. The van der Waals surface area contributed by atoms with Crippen molar-refractivity contribution >= 4 is 22.0 Å². The van der Waals surface area contributed by atoms with Crippen molar-refractivity contribution in [1.29, 1.82) is 0 Å². The number of carboxylic acid groups (broad SMARTS) is 1. The van der Waals surface area contributed by atoms with Gasteiger partial charge in [0, 0.05) is 19.3 Å². The molecule has 2 rings (SSSR count). The van der Waals surface area contributed by atoms with Crippen molar-refractivity contribution in [2.45, 2.75) is 19.8 Å². The summed E-state index contributed by atoms with van der Waals surface area (Å²) in [7, 11) is -3.68. The molecule has 7 nitrogen and oxygen atoms in total. The number of aromatic nitrogens is 1. The Balaban J connectivity index is 2.15. The number of aromatic carboxylic acids is 1. The number of pyridine rings is 1. The molecule has 1 aromatic heterocycles. The zero-order chi connectivity index (χ0) is 14.8. The Hall–Kier alpha value is -1.67. The van der Waals surface area contributed by atoms with Gasteiger partial charge in [-0.2, -0.15) is 12.7 Å². The van der Waals surface area contributed by atoms with E-state index in [4.69, 9.17) is 5.11 Å². The van der Waals surface area contributed by atoms with E-state index >= 15 is 0 Å². The zero-order valence-electron chi connectivity index (χ0n) is 11.1. The van der Waals surface area contributed by atoms with Crippen LogP contribution in [0, 0.1) is 5.92 Å². The van der Waals surface area contributed by atoms with E-state index in [0.717, 1.165) is 12.8 Å². The Morgan fingerprint density at radius 1 is 1.55 bits per heavy atom. The first-order chi connectivity index (χ1) is 9.38. The molecule has 1 unspecified atom stereocenters. The molecule has 20 heavy (non-hydrogen) atoms. The topological polar surface area (TPSA) is 99.6 Å². The average Bonchev–Trinajstić information content (AvgIpc) is 2.38. The first-order valence-corrected chi connectivity index (χ1v) is 7.80. The quantitative estimate of drug-likeness (QED) is 0.869. The van der Waals surface area contributed by atoms with Gasteiger partial charge in [-0.25, -0.2) is 9.78 Å². The van der Waals surface area contributed by atoms with Gasteiger partial charge in [0.15, 0.2) is 0 Å². The smallest absolute Gasteiger partial charge is 0.335 e. The third-order valence-electron chi connectivity index (χ3n) is 3.20. The molecule has 0 saturated carbocycles. The molecular formula is C12H17N3O4S. The van der Waals surface area contributed by atoms with Crippen molar-refractivity contribution in [1.82, 2.24) is 9.29 Å². The lowest BCUT2D eigenvalue weighted by atomic mass is 10.0. The fourth-order valence-corrected chi connectivity index (χ4v) is 3.51. The number of piperidine rings is 1. The van der Waals surface area contributed by atoms with Crippen LogP contribution in [0.3, 0.4) is 0 Å². The van der Waals surface area contributed by atoms with Crippen molar-refractivity contribution in [3.8, 4) is 0 Å². The monoisotopic (exact) mass is 299 g/mol. The molecule has 1 fully saturated rings. The summed E-state index contributed by atoms with van der Waals surface area (Å²) in [6.45, 7) is 2.94. The molecule has 8 heteroatoms. The molecule has 0 bridgehead atoms. The first-order valence-electron chi connectivity index (χ1n) is 6.36. The van der Waals surface area contributed by atoms with Gasteiger partial charge < -0.3 is 5.11 Å². The number of nitrogens with zero attached hydrogens (tertiary/aromatic N) is 2. The van der Waals surface area contributed by atoms with E-state index in [2.05, 4.69) is 9.71 Å². The van der Waals surface area contributed by atoms with Crippen molar-refractivity contribution in [3.05, 3.63) is 23.9 Å². The summed E-state index contributed by atoms with van der Waals surface area (Å²) in [4.78, 5) is 14.7. The van der Waals surface area contributed by atoms with Crippen molar-refractivity contribution in [2.75, 3.05) is 17.8 Å². The molecule has 0 spiro atoms. The summed E-state index contributed by atoms with van der Waals surface area (Å²) in [6.07, 6.45) is 3.10. The summed E-state index contributed by atoms with van der Waals surface area (Å²) >= 11 is 0. The number of hydrogen-bond acceptors (Lipinski definition) is 4. The van der Waals surface area contributed by atoms with E-state index in [1.807, 2.05) is 6.92 Å². The summed E-state index contributed by atoms with van der Waals surface area (Å²) in [5.41, 5.74) is -0.00953. The molecule has 1 atom stereocenters. The molecule has 0 amide bonds. The first kappa shape index (κ1) is 14.7. The predicted molar refractivity (Wildman–Crippen MR) is 73.7 cm³/mol. The molecule has 1 aliphatic heterocycles. The maximum Gasteiger partial charge on any atom is 0.335 e. The van der Waals surface area contributed by atoms with Crippen LogP contribution >= 0.6 is 0 Å². The van der Waals surface area contributed by atoms with E-state index in [0.29, 0.717) is 19.0 Å². The Bertz CT molecular complexity index is 602. The number of hydrogen-bond donors (Lipinski definition) is 2. The van der Waals surface area contributed by atoms with Crippen molar-refractivity contribution in [3.63, 3.8) is 0 Å². The van der Waals surface area contributed by atoms with E-state index in [-0.39, 0.29) is 11.4 Å². The predicted octanol–water partition coefficient (Wildman–Crippen LogP) is 1.17. The van der Waals surface area contributed by atoms with E-state index in [9.17, 15) is 13.2 Å². The van der Waals surface area contributed by atoms with Crippen LogP contribution in [0.1, 0.15) is 30.1 Å². The summed E-state index contributed by atoms with van der Waals surface area (Å²) in [5.74, 6) is -0.791. The zero-order valence-corrected chi connectivity index (χ0v) is 11.9. The minimum Gasteiger partial charge on any atom is -0.478 e. The van der Waals surface area contributed by atoms with Crippen LogP contribution in [0.4, 0.5) is 5.82 Å².